The second kappa shape index (κ2) is 12.3. The molecule has 0 saturated heterocycles. The summed E-state index contributed by atoms with van der Waals surface area (Å²) >= 11 is 0. The normalized spacial score (nSPS) is 18.4. The molecule has 4 aromatic rings. The highest BCUT2D eigenvalue weighted by Gasteiger charge is 2.28. The molecule has 0 bridgehead atoms. The van der Waals surface area contributed by atoms with Crippen molar-refractivity contribution in [3.63, 3.8) is 0 Å². The lowest BCUT2D eigenvalue weighted by atomic mass is 9.88. The largest absolute Gasteiger partial charge is 0.504 e. The maximum absolute atomic E-state index is 10.7. The highest BCUT2D eigenvalue weighted by atomic mass is 16.5. The van der Waals surface area contributed by atoms with Gasteiger partial charge in [-0.2, -0.15) is 0 Å². The minimum absolute atomic E-state index is 0.0828. The lowest BCUT2D eigenvalue weighted by Crippen LogP contribution is -2.33. The van der Waals surface area contributed by atoms with Gasteiger partial charge in [0, 0.05) is 25.2 Å². The third-order valence-corrected chi connectivity index (χ3v) is 9.16. The van der Waals surface area contributed by atoms with E-state index in [2.05, 4.69) is 36.0 Å². The van der Waals surface area contributed by atoms with Gasteiger partial charge < -0.3 is 29.5 Å². The maximum Gasteiger partial charge on any atom is 0.169 e. The van der Waals surface area contributed by atoms with E-state index >= 15 is 0 Å². The van der Waals surface area contributed by atoms with Crippen LogP contribution in [-0.4, -0.2) is 66.5 Å². The second-order valence-electron chi connectivity index (χ2n) is 11.9. The monoisotopic (exact) mass is 596 g/mol. The summed E-state index contributed by atoms with van der Waals surface area (Å²) in [6.07, 6.45) is 3.26. The number of aromatic hydroxyl groups is 3. The highest BCUT2D eigenvalue weighted by molar-refractivity contribution is 5.51. The first kappa shape index (κ1) is 29.7. The molecule has 0 saturated carbocycles. The Balaban J connectivity index is 1.18. The zero-order valence-electron chi connectivity index (χ0n) is 25.7. The van der Waals surface area contributed by atoms with E-state index in [1.807, 2.05) is 48.5 Å². The first-order chi connectivity index (χ1) is 21.2. The van der Waals surface area contributed by atoms with Crippen LogP contribution in [0.5, 0.6) is 40.2 Å². The molecule has 0 amide bonds. The van der Waals surface area contributed by atoms with Crippen LogP contribution in [0, 0.1) is 0 Å². The Hall–Kier alpha value is -4.40. The number of fused-ring (bicyclic) bond motifs is 2. The van der Waals surface area contributed by atoms with Gasteiger partial charge in [0.05, 0.1) is 14.2 Å². The Morgan fingerprint density at radius 2 is 1.11 bits per heavy atom. The van der Waals surface area contributed by atoms with Crippen LogP contribution in [0.15, 0.2) is 66.7 Å². The molecule has 2 aliphatic heterocycles. The van der Waals surface area contributed by atoms with Crippen molar-refractivity contribution in [1.29, 1.82) is 0 Å². The van der Waals surface area contributed by atoms with Gasteiger partial charge in [0.1, 0.15) is 5.75 Å². The van der Waals surface area contributed by atoms with Crippen molar-refractivity contribution in [2.75, 3.05) is 41.4 Å². The average molecular weight is 597 g/mol. The SMILES string of the molecule is COc1cc2c(cc1O)CCN(C)C2Cc1ccc(Oc2cc(CC3c4cc(OC)c(O)cc4CCN3C)ccc2O)cc1. The Morgan fingerprint density at radius 3 is 1.64 bits per heavy atom. The van der Waals surface area contributed by atoms with E-state index in [4.69, 9.17) is 14.2 Å². The number of rotatable bonds is 8. The molecule has 6 rings (SSSR count). The van der Waals surface area contributed by atoms with Gasteiger partial charge in [-0.15, -0.1) is 0 Å². The van der Waals surface area contributed by atoms with Crippen molar-refractivity contribution in [3.05, 3.63) is 100 Å². The van der Waals surface area contributed by atoms with Gasteiger partial charge in [-0.05, 0) is 122 Å². The molecule has 2 atom stereocenters. The molecular weight excluding hydrogens is 556 g/mol. The number of hydrogen-bond donors (Lipinski definition) is 3. The van der Waals surface area contributed by atoms with E-state index in [0.29, 0.717) is 29.4 Å². The van der Waals surface area contributed by atoms with E-state index in [1.54, 1.807) is 20.3 Å². The summed E-state index contributed by atoms with van der Waals surface area (Å²) in [5, 5.41) is 31.2. The second-order valence-corrected chi connectivity index (χ2v) is 11.9. The number of likely N-dealkylation sites (N-methyl/N-ethyl adjacent to an activating group) is 2. The topological polar surface area (TPSA) is 94.9 Å². The lowest BCUT2D eigenvalue weighted by Gasteiger charge is -2.35. The van der Waals surface area contributed by atoms with E-state index in [9.17, 15) is 15.3 Å². The van der Waals surface area contributed by atoms with Gasteiger partial charge in [-0.25, -0.2) is 0 Å². The van der Waals surface area contributed by atoms with Crippen molar-refractivity contribution < 1.29 is 29.5 Å². The summed E-state index contributed by atoms with van der Waals surface area (Å²) in [5.74, 6) is 2.44. The summed E-state index contributed by atoms with van der Waals surface area (Å²) in [4.78, 5) is 4.65. The van der Waals surface area contributed by atoms with Crippen molar-refractivity contribution in [2.24, 2.45) is 0 Å². The molecule has 3 N–H and O–H groups in total. The first-order valence-corrected chi connectivity index (χ1v) is 15.0. The lowest BCUT2D eigenvalue weighted by molar-refractivity contribution is 0.228. The molecule has 8 heteroatoms. The fourth-order valence-electron chi connectivity index (χ4n) is 6.58. The van der Waals surface area contributed by atoms with Gasteiger partial charge in [-0.1, -0.05) is 18.2 Å². The van der Waals surface area contributed by atoms with E-state index in [1.165, 1.54) is 5.56 Å². The first-order valence-electron chi connectivity index (χ1n) is 15.0. The molecular formula is C36H40N2O6. The number of methoxy groups -OCH3 is 2. The molecule has 2 aliphatic rings. The maximum atomic E-state index is 10.7. The fraction of sp³-hybridized carbons (Fsp3) is 0.333. The highest BCUT2D eigenvalue weighted by Crippen LogP contribution is 2.41. The molecule has 0 aromatic heterocycles. The Bertz CT molecular complexity index is 1650. The molecule has 0 aliphatic carbocycles. The van der Waals surface area contributed by atoms with Crippen molar-refractivity contribution in [3.8, 4) is 40.2 Å². The quantitative estimate of drug-likeness (QED) is 0.223. The van der Waals surface area contributed by atoms with Crippen LogP contribution in [-0.2, 0) is 25.7 Å². The van der Waals surface area contributed by atoms with Crippen LogP contribution in [0.4, 0.5) is 0 Å². The van der Waals surface area contributed by atoms with Gasteiger partial charge in [0.15, 0.2) is 34.5 Å². The Morgan fingerprint density at radius 1 is 0.614 bits per heavy atom. The predicted octanol–water partition coefficient (Wildman–Crippen LogP) is 6.16. The zero-order chi connectivity index (χ0) is 31.0. The van der Waals surface area contributed by atoms with E-state index < -0.39 is 0 Å². The Labute approximate surface area is 258 Å². The summed E-state index contributed by atoms with van der Waals surface area (Å²) in [6, 6.07) is 21.3. The predicted molar refractivity (Wildman–Crippen MR) is 169 cm³/mol. The standard InChI is InChI=1S/C36H40N2O6/c1-37-13-11-24-18-32(40)34(42-3)20-27(24)29(37)15-22-5-8-26(9-6-22)44-36-17-23(7-10-31(36)39)16-30-28-21-35(43-4)33(41)19-25(28)12-14-38(30)2/h5-10,17-21,29-30,39-41H,11-16H2,1-4H3. The van der Waals surface area contributed by atoms with Crippen LogP contribution in [0.2, 0.25) is 0 Å². The van der Waals surface area contributed by atoms with Crippen molar-refractivity contribution in [1.82, 2.24) is 9.80 Å². The number of phenolic OH excluding ortho intramolecular Hbond substituents is 3. The van der Waals surface area contributed by atoms with Gasteiger partial charge in [-0.3, -0.25) is 9.80 Å². The average Bonchev–Trinajstić information content (AvgIpc) is 3.02. The van der Waals surface area contributed by atoms with Crippen LogP contribution in [0.3, 0.4) is 0 Å². The minimum Gasteiger partial charge on any atom is -0.504 e. The van der Waals surface area contributed by atoms with Gasteiger partial charge >= 0.3 is 0 Å². The molecule has 0 fully saturated rings. The summed E-state index contributed by atoms with van der Waals surface area (Å²) in [7, 11) is 7.38. The van der Waals surface area contributed by atoms with Crippen molar-refractivity contribution in [2.45, 2.75) is 37.8 Å². The van der Waals surface area contributed by atoms with Crippen molar-refractivity contribution >= 4 is 0 Å². The number of hydrogen-bond acceptors (Lipinski definition) is 8. The number of nitrogens with zero attached hydrogens (tertiary/aromatic N) is 2. The van der Waals surface area contributed by atoms with Crippen LogP contribution in [0.1, 0.15) is 45.5 Å². The molecule has 0 spiro atoms. The zero-order valence-corrected chi connectivity index (χ0v) is 25.7. The summed E-state index contributed by atoms with van der Waals surface area (Å²) in [5.41, 5.74) is 6.79. The minimum atomic E-state index is 0.0828. The molecule has 44 heavy (non-hydrogen) atoms. The molecule has 230 valence electrons. The van der Waals surface area contributed by atoms with E-state index in [-0.39, 0.29) is 29.3 Å². The number of benzene rings is 4. The Kier molecular flexibility index (Phi) is 8.29. The molecule has 4 aromatic carbocycles. The van der Waals surface area contributed by atoms with E-state index in [0.717, 1.165) is 60.2 Å². The third-order valence-electron chi connectivity index (χ3n) is 9.16. The smallest absolute Gasteiger partial charge is 0.169 e. The number of phenols is 3. The molecule has 0 radical (unpaired) electrons. The molecule has 2 unspecified atom stereocenters. The van der Waals surface area contributed by atoms with Crippen LogP contribution in [0.25, 0.3) is 0 Å². The third kappa shape index (κ3) is 5.87. The summed E-state index contributed by atoms with van der Waals surface area (Å²) < 4.78 is 17.0. The molecule has 8 nitrogen and oxygen atoms in total. The van der Waals surface area contributed by atoms with Crippen LogP contribution >= 0.6 is 0 Å². The van der Waals surface area contributed by atoms with Gasteiger partial charge in [0.2, 0.25) is 0 Å². The number of ether oxygens (including phenoxy) is 3. The fourth-order valence-corrected chi connectivity index (χ4v) is 6.58. The van der Waals surface area contributed by atoms with Gasteiger partial charge in [0.25, 0.3) is 0 Å². The van der Waals surface area contributed by atoms with Crippen LogP contribution < -0.4 is 14.2 Å². The molecule has 2 heterocycles. The summed E-state index contributed by atoms with van der Waals surface area (Å²) in [6.45, 7) is 1.80.